The molecule has 3 nitrogen and oxygen atoms in total. The Balaban J connectivity index is 2.20. The van der Waals surface area contributed by atoms with Crippen molar-refractivity contribution >= 4 is 33.0 Å². The van der Waals surface area contributed by atoms with E-state index in [-0.39, 0.29) is 0 Å². The highest BCUT2D eigenvalue weighted by Gasteiger charge is 2.03. The van der Waals surface area contributed by atoms with Crippen molar-refractivity contribution in [2.75, 3.05) is 17.7 Å². The van der Waals surface area contributed by atoms with Crippen LogP contribution < -0.4 is 15.8 Å². The first-order chi connectivity index (χ1) is 9.19. The van der Waals surface area contributed by atoms with Crippen LogP contribution in [0.3, 0.4) is 0 Å². The summed E-state index contributed by atoms with van der Waals surface area (Å²) >= 11 is 3.51. The number of nitrogen functional groups attached to an aromatic ring is 1. The Hall–Kier alpha value is -1.68. The van der Waals surface area contributed by atoms with Crippen molar-refractivity contribution in [1.82, 2.24) is 0 Å². The molecule has 0 radical (unpaired) electrons. The molecule has 4 heteroatoms. The molecule has 0 amide bonds. The molecule has 0 saturated heterocycles. The van der Waals surface area contributed by atoms with Crippen molar-refractivity contribution in [3.05, 3.63) is 46.9 Å². The number of anilines is 3. The van der Waals surface area contributed by atoms with Crippen LogP contribution in [0.15, 0.2) is 46.9 Å². The Bertz CT molecular complexity index is 558. The minimum atomic E-state index is 0.683. The average molecular weight is 321 g/mol. The van der Waals surface area contributed by atoms with Gasteiger partial charge in [-0.25, -0.2) is 0 Å². The lowest BCUT2D eigenvalue weighted by molar-refractivity contribution is 0.318. The molecule has 2 rings (SSSR count). The Morgan fingerprint density at radius 3 is 2.74 bits per heavy atom. The third-order valence-electron chi connectivity index (χ3n) is 2.55. The van der Waals surface area contributed by atoms with Gasteiger partial charge in [0.25, 0.3) is 0 Å². The van der Waals surface area contributed by atoms with Crippen molar-refractivity contribution in [3.63, 3.8) is 0 Å². The Labute approximate surface area is 121 Å². The van der Waals surface area contributed by atoms with Gasteiger partial charge in [-0.2, -0.15) is 0 Å². The Morgan fingerprint density at radius 2 is 2.00 bits per heavy atom. The fourth-order valence-electron chi connectivity index (χ4n) is 1.72. The van der Waals surface area contributed by atoms with Gasteiger partial charge in [-0.1, -0.05) is 19.1 Å². The summed E-state index contributed by atoms with van der Waals surface area (Å²) in [7, 11) is 0. The highest BCUT2D eigenvalue weighted by Crippen LogP contribution is 2.29. The van der Waals surface area contributed by atoms with Gasteiger partial charge in [0.05, 0.1) is 12.3 Å². The summed E-state index contributed by atoms with van der Waals surface area (Å²) in [5.74, 6) is 0.788. The number of nitrogens with one attached hydrogen (secondary N) is 1. The normalized spacial score (nSPS) is 10.2. The van der Waals surface area contributed by atoms with Gasteiger partial charge in [0.15, 0.2) is 0 Å². The van der Waals surface area contributed by atoms with Crippen molar-refractivity contribution < 1.29 is 4.74 Å². The molecule has 0 fully saturated rings. The second-order valence-corrected chi connectivity index (χ2v) is 5.10. The van der Waals surface area contributed by atoms with Crippen LogP contribution in [0.5, 0.6) is 5.75 Å². The molecule has 2 aromatic carbocycles. The Morgan fingerprint density at radius 1 is 1.21 bits per heavy atom. The van der Waals surface area contributed by atoms with Crippen molar-refractivity contribution in [1.29, 1.82) is 0 Å². The predicted molar refractivity (Wildman–Crippen MR) is 84.1 cm³/mol. The molecule has 19 heavy (non-hydrogen) atoms. The molecule has 0 heterocycles. The summed E-state index contributed by atoms with van der Waals surface area (Å²) in [6.07, 6.45) is 0.974. The molecule has 0 bridgehead atoms. The summed E-state index contributed by atoms with van der Waals surface area (Å²) < 4.78 is 6.62. The van der Waals surface area contributed by atoms with E-state index in [1.54, 1.807) is 0 Å². The van der Waals surface area contributed by atoms with Gasteiger partial charge >= 0.3 is 0 Å². The Kier molecular flexibility index (Phi) is 4.68. The third-order valence-corrected chi connectivity index (χ3v) is 3.25. The number of para-hydroxylation sites is 1. The van der Waals surface area contributed by atoms with Gasteiger partial charge in [0, 0.05) is 28.0 Å². The average Bonchev–Trinajstić information content (AvgIpc) is 2.38. The molecule has 0 aliphatic heterocycles. The van der Waals surface area contributed by atoms with Crippen LogP contribution >= 0.6 is 15.9 Å². The zero-order valence-corrected chi connectivity index (χ0v) is 12.4. The van der Waals surface area contributed by atoms with E-state index in [0.717, 1.165) is 28.0 Å². The number of hydrogen-bond donors (Lipinski definition) is 2. The maximum Gasteiger partial charge on any atom is 0.123 e. The van der Waals surface area contributed by atoms with Gasteiger partial charge < -0.3 is 15.8 Å². The maximum absolute atomic E-state index is 5.89. The SMILES string of the molecule is CCCOc1cc(N)cc(Nc2ccccc2Br)c1. The fraction of sp³-hybridized carbons (Fsp3) is 0.200. The monoisotopic (exact) mass is 320 g/mol. The van der Waals surface area contributed by atoms with Gasteiger partial charge in [-0.3, -0.25) is 0 Å². The lowest BCUT2D eigenvalue weighted by Gasteiger charge is -2.12. The van der Waals surface area contributed by atoms with Gasteiger partial charge in [-0.05, 0) is 40.5 Å². The van der Waals surface area contributed by atoms with Crippen LogP contribution in [-0.2, 0) is 0 Å². The molecule has 3 N–H and O–H groups in total. The molecule has 0 saturated carbocycles. The van der Waals surface area contributed by atoms with E-state index in [9.17, 15) is 0 Å². The van der Waals surface area contributed by atoms with Crippen LogP contribution in [0.25, 0.3) is 0 Å². The van der Waals surface area contributed by atoms with Gasteiger partial charge in [-0.15, -0.1) is 0 Å². The van der Waals surface area contributed by atoms with Gasteiger partial charge in [0.1, 0.15) is 5.75 Å². The van der Waals surface area contributed by atoms with Crippen LogP contribution in [0, 0.1) is 0 Å². The minimum absolute atomic E-state index is 0.683. The third kappa shape index (κ3) is 3.89. The zero-order valence-electron chi connectivity index (χ0n) is 10.8. The number of rotatable bonds is 5. The van der Waals surface area contributed by atoms with E-state index in [1.165, 1.54) is 0 Å². The van der Waals surface area contributed by atoms with Gasteiger partial charge in [0.2, 0.25) is 0 Å². The first-order valence-electron chi connectivity index (χ1n) is 6.24. The molecule has 0 atom stereocenters. The smallest absolute Gasteiger partial charge is 0.123 e. The first kappa shape index (κ1) is 13.7. The van der Waals surface area contributed by atoms with E-state index in [4.69, 9.17) is 10.5 Å². The lowest BCUT2D eigenvalue weighted by atomic mass is 10.2. The zero-order chi connectivity index (χ0) is 13.7. The molecule has 0 aliphatic rings. The predicted octanol–water partition coefficient (Wildman–Crippen LogP) is 4.56. The van der Waals surface area contributed by atoms with E-state index >= 15 is 0 Å². The van der Waals surface area contributed by atoms with E-state index in [1.807, 2.05) is 42.5 Å². The van der Waals surface area contributed by atoms with Crippen molar-refractivity contribution in [3.8, 4) is 5.75 Å². The summed E-state index contributed by atoms with van der Waals surface area (Å²) in [6, 6.07) is 13.6. The van der Waals surface area contributed by atoms with Crippen molar-refractivity contribution in [2.24, 2.45) is 0 Å². The molecular weight excluding hydrogens is 304 g/mol. The van der Waals surface area contributed by atoms with E-state index in [2.05, 4.69) is 28.2 Å². The maximum atomic E-state index is 5.89. The molecule has 2 aromatic rings. The number of halogens is 1. The second kappa shape index (κ2) is 6.48. The molecule has 0 spiro atoms. The molecule has 0 aromatic heterocycles. The number of hydrogen-bond acceptors (Lipinski definition) is 3. The summed E-state index contributed by atoms with van der Waals surface area (Å²) in [5.41, 5.74) is 8.48. The molecule has 0 aliphatic carbocycles. The molecule has 0 unspecified atom stereocenters. The number of nitrogens with two attached hydrogens (primary N) is 1. The highest BCUT2D eigenvalue weighted by molar-refractivity contribution is 9.10. The molecular formula is C15H17BrN2O. The summed E-state index contributed by atoms with van der Waals surface area (Å²) in [5, 5.41) is 3.32. The van der Waals surface area contributed by atoms with E-state index < -0.39 is 0 Å². The summed E-state index contributed by atoms with van der Waals surface area (Å²) in [4.78, 5) is 0. The fourth-order valence-corrected chi connectivity index (χ4v) is 2.10. The largest absolute Gasteiger partial charge is 0.493 e. The molecule has 100 valence electrons. The number of ether oxygens (including phenoxy) is 1. The lowest BCUT2D eigenvalue weighted by Crippen LogP contribution is -1.98. The topological polar surface area (TPSA) is 47.3 Å². The quantitative estimate of drug-likeness (QED) is 0.794. The van der Waals surface area contributed by atoms with E-state index in [0.29, 0.717) is 12.3 Å². The first-order valence-corrected chi connectivity index (χ1v) is 7.03. The minimum Gasteiger partial charge on any atom is -0.493 e. The van der Waals surface area contributed by atoms with Crippen LogP contribution in [0.2, 0.25) is 0 Å². The van der Waals surface area contributed by atoms with Crippen LogP contribution in [0.4, 0.5) is 17.1 Å². The number of benzene rings is 2. The summed E-state index contributed by atoms with van der Waals surface area (Å²) in [6.45, 7) is 2.77. The van der Waals surface area contributed by atoms with Crippen LogP contribution in [-0.4, -0.2) is 6.61 Å². The van der Waals surface area contributed by atoms with Crippen LogP contribution in [0.1, 0.15) is 13.3 Å². The highest BCUT2D eigenvalue weighted by atomic mass is 79.9. The standard InChI is InChI=1S/C15H17BrN2O/c1-2-7-19-13-9-11(17)8-12(10-13)18-15-6-4-3-5-14(15)16/h3-6,8-10,18H,2,7,17H2,1H3. The van der Waals surface area contributed by atoms with Crippen molar-refractivity contribution in [2.45, 2.75) is 13.3 Å². The second-order valence-electron chi connectivity index (χ2n) is 4.24.